The molecule has 0 spiro atoms. The molecule has 1 aromatic heterocycles. The number of carbonyl (C=O) groups excluding carboxylic acids is 2. The predicted molar refractivity (Wildman–Crippen MR) is 106 cm³/mol. The van der Waals surface area contributed by atoms with E-state index in [4.69, 9.17) is 0 Å². The second-order valence-corrected chi connectivity index (χ2v) is 6.52. The molecular weight excluding hydrogens is 344 g/mol. The molecule has 0 atom stereocenters. The largest absolute Gasteiger partial charge is 0.309 e. The van der Waals surface area contributed by atoms with Gasteiger partial charge in [0.1, 0.15) is 5.71 Å². The minimum atomic E-state index is -0.311. The van der Waals surface area contributed by atoms with Crippen LogP contribution in [0.1, 0.15) is 26.7 Å². The number of benzene rings is 1. The summed E-state index contributed by atoms with van der Waals surface area (Å²) in [7, 11) is 1.56. The molecular formula is C19H26N6O2. The average molecular weight is 370 g/mol. The van der Waals surface area contributed by atoms with Crippen LogP contribution in [0, 0.1) is 0 Å². The standard InChI is InChI=1S/C19H26N6O2/c1-4-24(5-2)12-13-25-16-9-7-6-8-14(16)20-19(25)21-18(27)15-10-11-17(26)23(3)22-15/h6-9H,4-5,10-13H2,1-3H3,(H,20,21,27). The number of nitrogens with one attached hydrogen (secondary N) is 1. The van der Waals surface area contributed by atoms with Gasteiger partial charge in [-0.2, -0.15) is 5.10 Å². The van der Waals surface area contributed by atoms with Gasteiger partial charge in [0.2, 0.25) is 11.9 Å². The molecule has 1 aromatic carbocycles. The van der Waals surface area contributed by atoms with E-state index in [9.17, 15) is 9.59 Å². The predicted octanol–water partition coefficient (Wildman–Crippen LogP) is 1.92. The van der Waals surface area contributed by atoms with E-state index in [1.165, 1.54) is 5.01 Å². The van der Waals surface area contributed by atoms with Gasteiger partial charge in [-0.1, -0.05) is 26.0 Å². The first-order chi connectivity index (χ1) is 13.0. The van der Waals surface area contributed by atoms with Crippen LogP contribution in [-0.2, 0) is 16.1 Å². The van der Waals surface area contributed by atoms with E-state index in [1.807, 2.05) is 28.8 Å². The molecule has 1 aliphatic heterocycles. The minimum absolute atomic E-state index is 0.0852. The lowest BCUT2D eigenvalue weighted by atomic mass is 10.1. The highest BCUT2D eigenvalue weighted by Crippen LogP contribution is 2.20. The Morgan fingerprint density at radius 2 is 1.96 bits per heavy atom. The van der Waals surface area contributed by atoms with E-state index >= 15 is 0 Å². The molecule has 3 rings (SSSR count). The average Bonchev–Trinajstić information content (AvgIpc) is 3.02. The Hall–Kier alpha value is -2.74. The van der Waals surface area contributed by atoms with E-state index in [1.54, 1.807) is 7.05 Å². The third-order valence-corrected chi connectivity index (χ3v) is 4.88. The molecule has 27 heavy (non-hydrogen) atoms. The SMILES string of the molecule is CCN(CC)CCn1c(NC(=O)C2=NN(C)C(=O)CC2)nc2ccccc21. The first-order valence-corrected chi connectivity index (χ1v) is 9.36. The Morgan fingerprint density at radius 1 is 1.22 bits per heavy atom. The van der Waals surface area contributed by atoms with Crippen molar-refractivity contribution in [2.24, 2.45) is 5.10 Å². The summed E-state index contributed by atoms with van der Waals surface area (Å²) in [5, 5.41) is 8.20. The molecule has 1 N–H and O–H groups in total. The van der Waals surface area contributed by atoms with Crippen molar-refractivity contribution < 1.29 is 9.59 Å². The third-order valence-electron chi connectivity index (χ3n) is 4.88. The van der Waals surface area contributed by atoms with Gasteiger partial charge in [0.25, 0.3) is 5.91 Å². The van der Waals surface area contributed by atoms with Crippen LogP contribution in [0.15, 0.2) is 29.4 Å². The Bertz CT molecular complexity index is 868. The number of carbonyl (C=O) groups is 2. The number of hydrogen-bond donors (Lipinski definition) is 1. The molecule has 2 heterocycles. The van der Waals surface area contributed by atoms with Crippen molar-refractivity contribution in [3.63, 3.8) is 0 Å². The second kappa shape index (κ2) is 8.30. The maximum absolute atomic E-state index is 12.7. The highest BCUT2D eigenvalue weighted by molar-refractivity contribution is 6.43. The summed E-state index contributed by atoms with van der Waals surface area (Å²) in [4.78, 5) is 31.1. The lowest BCUT2D eigenvalue weighted by molar-refractivity contribution is -0.130. The summed E-state index contributed by atoms with van der Waals surface area (Å²) in [5.74, 6) is 0.113. The van der Waals surface area contributed by atoms with E-state index in [-0.39, 0.29) is 11.8 Å². The highest BCUT2D eigenvalue weighted by atomic mass is 16.2. The topological polar surface area (TPSA) is 82.8 Å². The lowest BCUT2D eigenvalue weighted by Gasteiger charge is -2.20. The van der Waals surface area contributed by atoms with E-state index in [2.05, 4.69) is 34.1 Å². The molecule has 0 unspecified atom stereocenters. The van der Waals surface area contributed by atoms with Crippen molar-refractivity contribution in [2.45, 2.75) is 33.2 Å². The van der Waals surface area contributed by atoms with Gasteiger partial charge in [-0.15, -0.1) is 0 Å². The summed E-state index contributed by atoms with van der Waals surface area (Å²) in [6.07, 6.45) is 0.635. The number of rotatable bonds is 7. The van der Waals surface area contributed by atoms with E-state index in [0.29, 0.717) is 24.5 Å². The molecule has 1 aliphatic rings. The van der Waals surface area contributed by atoms with Gasteiger partial charge in [0.05, 0.1) is 11.0 Å². The molecule has 0 aliphatic carbocycles. The van der Waals surface area contributed by atoms with Crippen LogP contribution < -0.4 is 5.32 Å². The Balaban J connectivity index is 1.85. The van der Waals surface area contributed by atoms with Crippen LogP contribution in [0.3, 0.4) is 0 Å². The van der Waals surface area contributed by atoms with Gasteiger partial charge in [0.15, 0.2) is 0 Å². The number of amides is 2. The number of imidazole rings is 1. The zero-order chi connectivity index (χ0) is 19.4. The number of anilines is 1. The number of likely N-dealkylation sites (N-methyl/N-ethyl adjacent to an activating group) is 1. The number of hydrogen-bond acceptors (Lipinski definition) is 5. The molecule has 144 valence electrons. The minimum Gasteiger partial charge on any atom is -0.309 e. The van der Waals surface area contributed by atoms with Gasteiger partial charge < -0.3 is 9.47 Å². The summed E-state index contributed by atoms with van der Waals surface area (Å²) in [6, 6.07) is 7.84. The van der Waals surface area contributed by atoms with E-state index in [0.717, 1.165) is 37.2 Å². The highest BCUT2D eigenvalue weighted by Gasteiger charge is 2.23. The van der Waals surface area contributed by atoms with Crippen LogP contribution in [0.2, 0.25) is 0 Å². The number of nitrogens with zero attached hydrogens (tertiary/aromatic N) is 5. The number of aromatic nitrogens is 2. The molecule has 2 amide bonds. The normalized spacial score (nSPS) is 14.7. The fourth-order valence-electron chi connectivity index (χ4n) is 3.19. The lowest BCUT2D eigenvalue weighted by Crippen LogP contribution is -2.34. The quantitative estimate of drug-likeness (QED) is 0.807. The Morgan fingerprint density at radius 3 is 2.67 bits per heavy atom. The molecule has 8 nitrogen and oxygen atoms in total. The molecule has 0 radical (unpaired) electrons. The van der Waals surface area contributed by atoms with Crippen LogP contribution >= 0.6 is 0 Å². The fourth-order valence-corrected chi connectivity index (χ4v) is 3.19. The van der Waals surface area contributed by atoms with Gasteiger partial charge in [-0.05, 0) is 25.2 Å². The van der Waals surface area contributed by atoms with Gasteiger partial charge >= 0.3 is 0 Å². The third kappa shape index (κ3) is 4.16. The second-order valence-electron chi connectivity index (χ2n) is 6.52. The Kier molecular flexibility index (Phi) is 5.85. The fraction of sp³-hybridized carbons (Fsp3) is 0.474. The summed E-state index contributed by atoms with van der Waals surface area (Å²) >= 11 is 0. The van der Waals surface area contributed by atoms with Gasteiger partial charge in [0, 0.05) is 33.0 Å². The van der Waals surface area contributed by atoms with Gasteiger partial charge in [-0.25, -0.2) is 9.99 Å². The van der Waals surface area contributed by atoms with Crippen LogP contribution in [0.25, 0.3) is 11.0 Å². The first-order valence-electron chi connectivity index (χ1n) is 9.36. The van der Waals surface area contributed by atoms with Crippen LogP contribution in [0.5, 0.6) is 0 Å². The molecule has 0 saturated carbocycles. The molecule has 0 fully saturated rings. The number of hydrazone groups is 1. The van der Waals surface area contributed by atoms with E-state index < -0.39 is 0 Å². The number of para-hydroxylation sites is 2. The smallest absolute Gasteiger partial charge is 0.274 e. The van der Waals surface area contributed by atoms with Crippen molar-refractivity contribution in [1.82, 2.24) is 19.5 Å². The zero-order valence-corrected chi connectivity index (χ0v) is 16.1. The summed E-state index contributed by atoms with van der Waals surface area (Å²) in [5.41, 5.74) is 2.17. The number of fused-ring (bicyclic) bond motifs is 1. The molecule has 2 aromatic rings. The van der Waals surface area contributed by atoms with Crippen molar-refractivity contribution in [2.75, 3.05) is 32.0 Å². The van der Waals surface area contributed by atoms with Crippen molar-refractivity contribution in [1.29, 1.82) is 0 Å². The molecule has 0 bridgehead atoms. The monoisotopic (exact) mass is 370 g/mol. The Labute approximate surface area is 158 Å². The first kappa shape index (κ1) is 19.0. The summed E-state index contributed by atoms with van der Waals surface area (Å²) in [6.45, 7) is 7.81. The van der Waals surface area contributed by atoms with Gasteiger partial charge in [-0.3, -0.25) is 14.9 Å². The zero-order valence-electron chi connectivity index (χ0n) is 16.1. The summed E-state index contributed by atoms with van der Waals surface area (Å²) < 4.78 is 2.03. The maximum atomic E-state index is 12.7. The maximum Gasteiger partial charge on any atom is 0.274 e. The molecule has 8 heteroatoms. The molecule has 0 saturated heterocycles. The van der Waals surface area contributed by atoms with Crippen LogP contribution in [-0.4, -0.2) is 63.7 Å². The van der Waals surface area contributed by atoms with Crippen molar-refractivity contribution >= 4 is 34.5 Å². The van der Waals surface area contributed by atoms with Crippen molar-refractivity contribution in [3.8, 4) is 0 Å². The van der Waals surface area contributed by atoms with Crippen LogP contribution in [0.4, 0.5) is 5.95 Å². The van der Waals surface area contributed by atoms with Crippen molar-refractivity contribution in [3.05, 3.63) is 24.3 Å².